The molecule has 0 radical (unpaired) electrons. The SMILES string of the molecule is COc1cccc(CCNCC(=O)NC2CCS(=O)(=O)C2)c1. The number of amides is 1. The molecule has 1 saturated heterocycles. The summed E-state index contributed by atoms with van der Waals surface area (Å²) in [6, 6.07) is 7.55. The predicted octanol–water partition coefficient (Wildman–Crippen LogP) is 0.131. The van der Waals surface area contributed by atoms with Gasteiger partial charge >= 0.3 is 0 Å². The van der Waals surface area contributed by atoms with Crippen molar-refractivity contribution < 1.29 is 17.9 Å². The molecule has 0 bridgehead atoms. The third kappa shape index (κ3) is 5.31. The minimum atomic E-state index is -2.96. The average Bonchev–Trinajstić information content (AvgIpc) is 2.82. The van der Waals surface area contributed by atoms with Gasteiger partial charge in [-0.25, -0.2) is 8.42 Å². The molecule has 0 aromatic heterocycles. The van der Waals surface area contributed by atoms with E-state index in [-0.39, 0.29) is 30.0 Å². The van der Waals surface area contributed by atoms with Crippen molar-refractivity contribution in [3.8, 4) is 5.75 Å². The average molecular weight is 326 g/mol. The van der Waals surface area contributed by atoms with Gasteiger partial charge < -0.3 is 15.4 Å². The Balaban J connectivity index is 1.65. The summed E-state index contributed by atoms with van der Waals surface area (Å²) in [7, 11) is -1.33. The Morgan fingerprint density at radius 1 is 1.41 bits per heavy atom. The van der Waals surface area contributed by atoms with Gasteiger partial charge in [0.05, 0.1) is 25.2 Å². The van der Waals surface area contributed by atoms with Crippen LogP contribution in [0.5, 0.6) is 5.75 Å². The molecule has 22 heavy (non-hydrogen) atoms. The summed E-state index contributed by atoms with van der Waals surface area (Å²) in [4.78, 5) is 11.7. The molecule has 1 fully saturated rings. The number of sulfone groups is 1. The maximum atomic E-state index is 11.7. The molecule has 7 heteroatoms. The second-order valence-electron chi connectivity index (χ2n) is 5.45. The Hall–Kier alpha value is -1.60. The van der Waals surface area contributed by atoms with Gasteiger partial charge in [0.25, 0.3) is 0 Å². The Morgan fingerprint density at radius 2 is 2.23 bits per heavy atom. The quantitative estimate of drug-likeness (QED) is 0.696. The van der Waals surface area contributed by atoms with Gasteiger partial charge in [-0.2, -0.15) is 0 Å². The highest BCUT2D eigenvalue weighted by Crippen LogP contribution is 2.12. The van der Waals surface area contributed by atoms with Crippen LogP contribution < -0.4 is 15.4 Å². The molecule has 1 aromatic carbocycles. The van der Waals surface area contributed by atoms with Gasteiger partial charge in [0.2, 0.25) is 5.91 Å². The fourth-order valence-electron chi connectivity index (χ4n) is 2.45. The van der Waals surface area contributed by atoms with Crippen LogP contribution in [0.2, 0.25) is 0 Å². The summed E-state index contributed by atoms with van der Waals surface area (Å²) >= 11 is 0. The molecular formula is C15H22N2O4S. The van der Waals surface area contributed by atoms with Crippen LogP contribution in [0.3, 0.4) is 0 Å². The van der Waals surface area contributed by atoms with Gasteiger partial charge in [-0.15, -0.1) is 0 Å². The lowest BCUT2D eigenvalue weighted by Gasteiger charge is -2.11. The first-order chi connectivity index (χ1) is 10.5. The van der Waals surface area contributed by atoms with Crippen LogP contribution in [0.4, 0.5) is 0 Å². The molecule has 1 amide bonds. The molecular weight excluding hydrogens is 304 g/mol. The van der Waals surface area contributed by atoms with Crippen molar-refractivity contribution in [1.29, 1.82) is 0 Å². The van der Waals surface area contributed by atoms with E-state index < -0.39 is 9.84 Å². The maximum absolute atomic E-state index is 11.7. The first-order valence-corrected chi connectivity index (χ1v) is 9.14. The molecule has 1 aliphatic heterocycles. The van der Waals surface area contributed by atoms with E-state index >= 15 is 0 Å². The number of methoxy groups -OCH3 is 1. The third-order valence-electron chi connectivity index (χ3n) is 3.61. The zero-order valence-electron chi connectivity index (χ0n) is 12.7. The van der Waals surface area contributed by atoms with E-state index in [2.05, 4.69) is 10.6 Å². The lowest BCUT2D eigenvalue weighted by Crippen LogP contribution is -2.41. The first kappa shape index (κ1) is 16.8. The van der Waals surface area contributed by atoms with E-state index in [1.165, 1.54) is 0 Å². The van der Waals surface area contributed by atoms with Crippen molar-refractivity contribution in [2.24, 2.45) is 0 Å². The Bertz CT molecular complexity index is 616. The summed E-state index contributed by atoms with van der Waals surface area (Å²) in [6.07, 6.45) is 1.31. The lowest BCUT2D eigenvalue weighted by atomic mass is 10.1. The summed E-state index contributed by atoms with van der Waals surface area (Å²) < 4.78 is 27.8. The van der Waals surface area contributed by atoms with E-state index in [0.29, 0.717) is 13.0 Å². The number of carbonyl (C=O) groups excluding carboxylic acids is 1. The highest BCUT2D eigenvalue weighted by Gasteiger charge is 2.28. The fraction of sp³-hybridized carbons (Fsp3) is 0.533. The molecule has 2 N–H and O–H groups in total. The second kappa shape index (κ2) is 7.60. The number of carbonyl (C=O) groups is 1. The van der Waals surface area contributed by atoms with Crippen LogP contribution >= 0.6 is 0 Å². The number of ether oxygens (including phenoxy) is 1. The van der Waals surface area contributed by atoms with Crippen LogP contribution in [-0.4, -0.2) is 52.1 Å². The zero-order chi connectivity index (χ0) is 16.0. The minimum Gasteiger partial charge on any atom is -0.497 e. The van der Waals surface area contributed by atoms with Crippen molar-refractivity contribution in [2.45, 2.75) is 18.9 Å². The Morgan fingerprint density at radius 3 is 2.91 bits per heavy atom. The van der Waals surface area contributed by atoms with Crippen LogP contribution in [0.15, 0.2) is 24.3 Å². The topological polar surface area (TPSA) is 84.5 Å². The van der Waals surface area contributed by atoms with Crippen molar-refractivity contribution in [3.05, 3.63) is 29.8 Å². The van der Waals surface area contributed by atoms with Gasteiger partial charge in [-0.1, -0.05) is 12.1 Å². The van der Waals surface area contributed by atoms with Crippen LogP contribution in [0.1, 0.15) is 12.0 Å². The Labute approximate surface area is 131 Å². The van der Waals surface area contributed by atoms with Crippen LogP contribution in [-0.2, 0) is 21.1 Å². The number of hydrogen-bond donors (Lipinski definition) is 2. The molecule has 2 rings (SSSR count). The summed E-state index contributed by atoms with van der Waals surface area (Å²) in [5.74, 6) is 0.884. The molecule has 1 aromatic rings. The largest absolute Gasteiger partial charge is 0.497 e. The third-order valence-corrected chi connectivity index (χ3v) is 5.38. The molecule has 1 aliphatic rings. The molecule has 1 heterocycles. The maximum Gasteiger partial charge on any atom is 0.234 e. The van der Waals surface area contributed by atoms with E-state index in [1.807, 2.05) is 24.3 Å². The van der Waals surface area contributed by atoms with E-state index in [4.69, 9.17) is 4.74 Å². The van der Waals surface area contributed by atoms with Gasteiger partial charge in [0.15, 0.2) is 9.84 Å². The summed E-state index contributed by atoms with van der Waals surface area (Å²) in [5.41, 5.74) is 1.13. The van der Waals surface area contributed by atoms with Gasteiger partial charge in [-0.05, 0) is 37.1 Å². The molecule has 0 aliphatic carbocycles. The number of benzene rings is 1. The smallest absolute Gasteiger partial charge is 0.234 e. The van der Waals surface area contributed by atoms with Crippen molar-refractivity contribution in [2.75, 3.05) is 31.7 Å². The molecule has 1 unspecified atom stereocenters. The minimum absolute atomic E-state index is 0.0581. The molecule has 6 nitrogen and oxygen atoms in total. The fourth-order valence-corrected chi connectivity index (χ4v) is 4.12. The highest BCUT2D eigenvalue weighted by atomic mass is 32.2. The lowest BCUT2D eigenvalue weighted by molar-refractivity contribution is -0.120. The van der Waals surface area contributed by atoms with E-state index in [0.717, 1.165) is 17.7 Å². The summed E-state index contributed by atoms with van der Waals surface area (Å²) in [5, 5.41) is 5.81. The standard InChI is InChI=1S/C15H22N2O4S/c1-21-14-4-2-3-12(9-14)5-7-16-10-15(18)17-13-6-8-22(19,20)11-13/h2-4,9,13,16H,5-8,10-11H2,1H3,(H,17,18). The first-order valence-electron chi connectivity index (χ1n) is 7.32. The Kier molecular flexibility index (Phi) is 5.79. The summed E-state index contributed by atoms with van der Waals surface area (Å²) in [6.45, 7) is 0.865. The molecule has 0 spiro atoms. The molecule has 122 valence electrons. The molecule has 0 saturated carbocycles. The van der Waals surface area contributed by atoms with E-state index in [9.17, 15) is 13.2 Å². The van der Waals surface area contributed by atoms with Crippen LogP contribution in [0, 0.1) is 0 Å². The number of hydrogen-bond acceptors (Lipinski definition) is 5. The number of nitrogens with one attached hydrogen (secondary N) is 2. The number of rotatable bonds is 7. The normalized spacial score (nSPS) is 19.8. The van der Waals surface area contributed by atoms with Crippen molar-refractivity contribution in [3.63, 3.8) is 0 Å². The predicted molar refractivity (Wildman–Crippen MR) is 84.8 cm³/mol. The van der Waals surface area contributed by atoms with E-state index in [1.54, 1.807) is 7.11 Å². The van der Waals surface area contributed by atoms with Gasteiger partial charge in [0.1, 0.15) is 5.75 Å². The van der Waals surface area contributed by atoms with Crippen molar-refractivity contribution in [1.82, 2.24) is 10.6 Å². The zero-order valence-corrected chi connectivity index (χ0v) is 13.5. The van der Waals surface area contributed by atoms with Crippen LogP contribution in [0.25, 0.3) is 0 Å². The monoisotopic (exact) mass is 326 g/mol. The van der Waals surface area contributed by atoms with Gasteiger partial charge in [0, 0.05) is 6.04 Å². The molecule has 1 atom stereocenters. The highest BCUT2D eigenvalue weighted by molar-refractivity contribution is 7.91. The van der Waals surface area contributed by atoms with Gasteiger partial charge in [-0.3, -0.25) is 4.79 Å². The van der Waals surface area contributed by atoms with Crippen molar-refractivity contribution >= 4 is 15.7 Å². The second-order valence-corrected chi connectivity index (χ2v) is 7.67.